The first-order chi connectivity index (χ1) is 6.86. The maximum atomic E-state index is 9.40. The van der Waals surface area contributed by atoms with Gasteiger partial charge in [-0.25, -0.2) is 4.99 Å². The third-order valence-electron chi connectivity index (χ3n) is 1.68. The first kappa shape index (κ1) is 8.43. The van der Waals surface area contributed by atoms with Crippen LogP contribution in [-0.4, -0.2) is 26.7 Å². The van der Waals surface area contributed by atoms with Crippen molar-refractivity contribution in [3.63, 3.8) is 0 Å². The minimum Gasteiger partial charge on any atom is -0.507 e. The van der Waals surface area contributed by atoms with Gasteiger partial charge in [-0.05, 0) is 12.1 Å². The number of aromatic amines is 1. The van der Waals surface area contributed by atoms with Crippen molar-refractivity contribution in [2.24, 2.45) is 4.99 Å². The van der Waals surface area contributed by atoms with Gasteiger partial charge in [0.15, 0.2) is 5.82 Å². The van der Waals surface area contributed by atoms with E-state index in [2.05, 4.69) is 20.4 Å². The highest BCUT2D eigenvalue weighted by Crippen LogP contribution is 2.14. The lowest BCUT2D eigenvalue weighted by atomic mass is 10.2. The molecule has 2 rings (SSSR count). The molecular formula is C9H8N4O. The minimum absolute atomic E-state index is 0.194. The Kier molecular flexibility index (Phi) is 2.22. The molecule has 0 saturated heterocycles. The molecule has 1 heterocycles. The quantitative estimate of drug-likeness (QED) is 0.697. The van der Waals surface area contributed by atoms with E-state index in [1.807, 2.05) is 6.07 Å². The smallest absolute Gasteiger partial charge is 0.194 e. The first-order valence-corrected chi connectivity index (χ1v) is 4.05. The number of aromatic hydroxyl groups is 1. The summed E-state index contributed by atoms with van der Waals surface area (Å²) in [6.45, 7) is 0. The van der Waals surface area contributed by atoms with E-state index in [9.17, 15) is 5.11 Å². The molecule has 0 saturated carbocycles. The number of phenolic OH excluding ortho intramolecular Hbond substituents is 1. The number of aromatic nitrogens is 3. The van der Waals surface area contributed by atoms with Crippen LogP contribution in [0.5, 0.6) is 5.75 Å². The molecule has 1 aromatic heterocycles. The molecule has 70 valence electrons. The molecule has 5 heteroatoms. The van der Waals surface area contributed by atoms with Crippen molar-refractivity contribution in [1.82, 2.24) is 15.4 Å². The van der Waals surface area contributed by atoms with Gasteiger partial charge in [0.2, 0.25) is 0 Å². The van der Waals surface area contributed by atoms with Crippen molar-refractivity contribution < 1.29 is 5.11 Å². The molecule has 0 amide bonds. The van der Waals surface area contributed by atoms with E-state index < -0.39 is 0 Å². The summed E-state index contributed by atoms with van der Waals surface area (Å²) in [5, 5.41) is 19.1. The molecule has 0 aliphatic rings. The molecule has 0 atom stereocenters. The lowest BCUT2D eigenvalue weighted by Crippen LogP contribution is -1.80. The predicted molar refractivity (Wildman–Crippen MR) is 51.7 cm³/mol. The van der Waals surface area contributed by atoms with Gasteiger partial charge in [0, 0.05) is 11.8 Å². The molecule has 0 spiro atoms. The Labute approximate surface area is 80.1 Å². The van der Waals surface area contributed by atoms with Crippen LogP contribution in [0.15, 0.2) is 35.5 Å². The van der Waals surface area contributed by atoms with E-state index in [4.69, 9.17) is 0 Å². The molecule has 0 radical (unpaired) electrons. The molecule has 5 nitrogen and oxygen atoms in total. The summed E-state index contributed by atoms with van der Waals surface area (Å²) in [4.78, 5) is 4.01. The van der Waals surface area contributed by atoms with Gasteiger partial charge < -0.3 is 5.11 Å². The molecule has 0 aliphatic heterocycles. The van der Waals surface area contributed by atoms with E-state index in [0.717, 1.165) is 0 Å². The van der Waals surface area contributed by atoms with Crippen LogP contribution in [0.1, 0.15) is 5.56 Å². The minimum atomic E-state index is 0.194. The molecule has 14 heavy (non-hydrogen) atoms. The molecule has 0 aliphatic carbocycles. The van der Waals surface area contributed by atoms with Crippen molar-refractivity contribution >= 4 is 12.0 Å². The largest absolute Gasteiger partial charge is 0.507 e. The van der Waals surface area contributed by atoms with E-state index >= 15 is 0 Å². The lowest BCUT2D eigenvalue weighted by Gasteiger charge is -1.94. The molecule has 1 aromatic carbocycles. The number of hydrogen-bond acceptors (Lipinski definition) is 4. The highest BCUT2D eigenvalue weighted by atomic mass is 16.3. The van der Waals surface area contributed by atoms with Crippen LogP contribution in [0.2, 0.25) is 0 Å². The van der Waals surface area contributed by atoms with E-state index in [-0.39, 0.29) is 5.75 Å². The predicted octanol–water partition coefficient (Wildman–Crippen LogP) is 1.26. The monoisotopic (exact) mass is 188 g/mol. The number of hydrogen-bond donors (Lipinski definition) is 2. The summed E-state index contributed by atoms with van der Waals surface area (Å²) in [7, 11) is 0. The third-order valence-corrected chi connectivity index (χ3v) is 1.68. The second-order valence-corrected chi connectivity index (χ2v) is 2.65. The molecule has 0 bridgehead atoms. The normalized spacial score (nSPS) is 10.9. The summed E-state index contributed by atoms with van der Waals surface area (Å²) in [6.07, 6.45) is 3.10. The van der Waals surface area contributed by atoms with Crippen molar-refractivity contribution in [1.29, 1.82) is 0 Å². The summed E-state index contributed by atoms with van der Waals surface area (Å²) in [5.41, 5.74) is 0.649. The fourth-order valence-electron chi connectivity index (χ4n) is 0.991. The standard InChI is InChI=1S/C9H8N4O/c14-8-4-2-1-3-7(8)5-10-9-6-11-13-12-9/h1-6,14H,(H,11,12,13). The van der Waals surface area contributed by atoms with Gasteiger partial charge in [-0.1, -0.05) is 17.3 Å². The van der Waals surface area contributed by atoms with Gasteiger partial charge in [0.05, 0.1) is 6.20 Å². The summed E-state index contributed by atoms with van der Waals surface area (Å²) >= 11 is 0. The zero-order valence-electron chi connectivity index (χ0n) is 7.25. The number of nitrogens with one attached hydrogen (secondary N) is 1. The van der Waals surface area contributed by atoms with Gasteiger partial charge in [-0.15, -0.1) is 5.10 Å². The number of phenols is 1. The number of H-pyrrole nitrogens is 1. The van der Waals surface area contributed by atoms with E-state index in [1.165, 1.54) is 6.21 Å². The second-order valence-electron chi connectivity index (χ2n) is 2.65. The number of nitrogens with zero attached hydrogens (tertiary/aromatic N) is 3. The SMILES string of the molecule is Oc1ccccc1C=Nc1c[nH]nn1. The molecule has 2 aromatic rings. The van der Waals surface area contributed by atoms with Crippen LogP contribution in [0, 0.1) is 0 Å². The maximum absolute atomic E-state index is 9.40. The lowest BCUT2D eigenvalue weighted by molar-refractivity contribution is 0.474. The molecular weight excluding hydrogens is 180 g/mol. The summed E-state index contributed by atoms with van der Waals surface area (Å²) < 4.78 is 0. The van der Waals surface area contributed by atoms with Gasteiger partial charge in [-0.3, -0.25) is 5.10 Å². The highest BCUT2D eigenvalue weighted by molar-refractivity contribution is 5.84. The van der Waals surface area contributed by atoms with Crippen LogP contribution in [0.3, 0.4) is 0 Å². The molecule has 2 N–H and O–H groups in total. The first-order valence-electron chi connectivity index (χ1n) is 4.05. The van der Waals surface area contributed by atoms with E-state index in [1.54, 1.807) is 24.4 Å². The Balaban J connectivity index is 2.23. The topological polar surface area (TPSA) is 74.2 Å². The fraction of sp³-hybridized carbons (Fsp3) is 0. The van der Waals surface area contributed by atoms with Gasteiger partial charge in [0.25, 0.3) is 0 Å². The average molecular weight is 188 g/mol. The van der Waals surface area contributed by atoms with Crippen LogP contribution in [0.4, 0.5) is 5.82 Å². The number of aliphatic imine (C=N–C) groups is 1. The Morgan fingerprint density at radius 3 is 2.93 bits per heavy atom. The second kappa shape index (κ2) is 3.69. The Hall–Kier alpha value is -2.17. The zero-order chi connectivity index (χ0) is 9.80. The summed E-state index contributed by atoms with van der Waals surface area (Å²) in [5.74, 6) is 0.674. The van der Waals surface area contributed by atoms with Crippen molar-refractivity contribution in [3.8, 4) is 5.75 Å². The van der Waals surface area contributed by atoms with Crippen molar-refractivity contribution in [3.05, 3.63) is 36.0 Å². The highest BCUT2D eigenvalue weighted by Gasteiger charge is 1.95. The molecule has 0 fully saturated rings. The average Bonchev–Trinajstić information content (AvgIpc) is 2.69. The van der Waals surface area contributed by atoms with Crippen LogP contribution in [0.25, 0.3) is 0 Å². The Morgan fingerprint density at radius 2 is 2.21 bits per heavy atom. The van der Waals surface area contributed by atoms with Crippen molar-refractivity contribution in [2.45, 2.75) is 0 Å². The fourth-order valence-corrected chi connectivity index (χ4v) is 0.991. The van der Waals surface area contributed by atoms with Gasteiger partial charge in [-0.2, -0.15) is 0 Å². The maximum Gasteiger partial charge on any atom is 0.194 e. The number of rotatable bonds is 2. The number of para-hydroxylation sites is 1. The van der Waals surface area contributed by atoms with Crippen LogP contribution >= 0.6 is 0 Å². The van der Waals surface area contributed by atoms with E-state index in [0.29, 0.717) is 11.4 Å². The Bertz CT molecular complexity index is 436. The van der Waals surface area contributed by atoms with Crippen molar-refractivity contribution in [2.75, 3.05) is 0 Å². The van der Waals surface area contributed by atoms with Crippen LogP contribution < -0.4 is 0 Å². The summed E-state index contributed by atoms with van der Waals surface area (Å²) in [6, 6.07) is 6.94. The van der Waals surface area contributed by atoms with Gasteiger partial charge >= 0.3 is 0 Å². The Morgan fingerprint density at radius 1 is 1.36 bits per heavy atom. The zero-order valence-corrected chi connectivity index (χ0v) is 7.25. The third kappa shape index (κ3) is 1.77. The van der Waals surface area contributed by atoms with Crippen LogP contribution in [-0.2, 0) is 0 Å². The number of benzene rings is 1. The molecule has 0 unspecified atom stereocenters. The van der Waals surface area contributed by atoms with Gasteiger partial charge in [0.1, 0.15) is 5.75 Å².